The molecule has 0 aliphatic heterocycles. The molecule has 0 spiro atoms. The molecule has 8 nitrogen and oxygen atoms in total. The van der Waals surface area contributed by atoms with Crippen LogP contribution in [0.25, 0.3) is 0 Å². The number of nitrogens with zero attached hydrogens (tertiary/aromatic N) is 2. The van der Waals surface area contributed by atoms with E-state index >= 15 is 0 Å². The zero-order valence-electron chi connectivity index (χ0n) is 18.1. The molecule has 0 aliphatic rings. The van der Waals surface area contributed by atoms with Gasteiger partial charge in [0.1, 0.15) is 0 Å². The average molecular weight is 418 g/mol. The van der Waals surface area contributed by atoms with E-state index in [-0.39, 0.29) is 25.5 Å². The molecule has 0 unspecified atom stereocenters. The molecule has 0 aliphatic carbocycles. The summed E-state index contributed by atoms with van der Waals surface area (Å²) >= 11 is 0. The summed E-state index contributed by atoms with van der Waals surface area (Å²) in [6.07, 6.45) is 0.135. The fourth-order valence-electron chi connectivity index (χ4n) is 3.16. The first-order valence-electron chi connectivity index (χ1n) is 10.1. The van der Waals surface area contributed by atoms with Crippen LogP contribution in [-0.4, -0.2) is 55.2 Å². The van der Waals surface area contributed by atoms with Gasteiger partial charge in [-0.2, -0.15) is 5.10 Å². The molecular weight excluding hydrogens is 386 g/mol. The molecule has 1 aromatic heterocycles. The van der Waals surface area contributed by atoms with E-state index < -0.39 is 12.0 Å². The molecule has 30 heavy (non-hydrogen) atoms. The second-order valence-corrected chi connectivity index (χ2v) is 6.84. The van der Waals surface area contributed by atoms with Gasteiger partial charge in [0, 0.05) is 24.8 Å². The summed E-state index contributed by atoms with van der Waals surface area (Å²) in [6.45, 7) is 7.38. The molecule has 2 aromatic rings. The summed E-state index contributed by atoms with van der Waals surface area (Å²) in [5, 5.41) is 7.38. The van der Waals surface area contributed by atoms with Crippen molar-refractivity contribution in [1.82, 2.24) is 15.1 Å². The Balaban J connectivity index is 2.16. The van der Waals surface area contributed by atoms with Crippen LogP contribution < -0.4 is 5.32 Å². The first-order valence-corrected chi connectivity index (χ1v) is 10.1. The summed E-state index contributed by atoms with van der Waals surface area (Å²) in [6, 6.07) is 9.02. The van der Waals surface area contributed by atoms with Gasteiger partial charge < -0.3 is 19.5 Å². The van der Waals surface area contributed by atoms with Crippen LogP contribution in [-0.2, 0) is 30.3 Å². The standard InChI is InChI=1S/C22H31N3O5/c1-5-30-22(27)21(23-19(26)11-12-29-14-13-28-4)20-16(2)24-25(17(20)3)15-18-9-7-6-8-10-18/h6-10,21H,5,11-15H2,1-4H3,(H,23,26)/t21-/m1/s1. The minimum absolute atomic E-state index is 0.135. The average Bonchev–Trinajstić information content (AvgIpc) is 3.00. The van der Waals surface area contributed by atoms with Crippen LogP contribution in [0.2, 0.25) is 0 Å². The highest BCUT2D eigenvalue weighted by Gasteiger charge is 2.30. The molecule has 0 saturated carbocycles. The summed E-state index contributed by atoms with van der Waals surface area (Å²) in [7, 11) is 1.59. The predicted octanol–water partition coefficient (Wildman–Crippen LogP) is 2.32. The van der Waals surface area contributed by atoms with Gasteiger partial charge in [0.15, 0.2) is 6.04 Å². The molecule has 0 saturated heterocycles. The van der Waals surface area contributed by atoms with Crippen molar-refractivity contribution in [3.63, 3.8) is 0 Å². The van der Waals surface area contributed by atoms with E-state index in [2.05, 4.69) is 10.4 Å². The van der Waals surface area contributed by atoms with Crippen LogP contribution in [0, 0.1) is 13.8 Å². The summed E-state index contributed by atoms with van der Waals surface area (Å²) in [5.41, 5.74) is 3.25. The Hall–Kier alpha value is -2.71. The van der Waals surface area contributed by atoms with E-state index in [0.717, 1.165) is 11.3 Å². The number of aromatic nitrogens is 2. The zero-order valence-corrected chi connectivity index (χ0v) is 18.1. The first kappa shape index (κ1) is 23.6. The molecule has 1 aromatic carbocycles. The Labute approximate surface area is 177 Å². The lowest BCUT2D eigenvalue weighted by atomic mass is 10.0. The third-order valence-corrected chi connectivity index (χ3v) is 4.63. The van der Waals surface area contributed by atoms with Crippen LogP contribution in [0.1, 0.15) is 41.9 Å². The molecule has 8 heteroatoms. The van der Waals surface area contributed by atoms with Crippen LogP contribution in [0.4, 0.5) is 0 Å². The number of ether oxygens (including phenoxy) is 3. The minimum Gasteiger partial charge on any atom is -0.464 e. The minimum atomic E-state index is -0.916. The number of hydrogen-bond acceptors (Lipinski definition) is 6. The quantitative estimate of drug-likeness (QED) is 0.421. The van der Waals surface area contributed by atoms with Gasteiger partial charge in [-0.1, -0.05) is 30.3 Å². The summed E-state index contributed by atoms with van der Waals surface area (Å²) < 4.78 is 17.3. The van der Waals surface area contributed by atoms with Gasteiger partial charge in [0.25, 0.3) is 0 Å². The highest BCUT2D eigenvalue weighted by atomic mass is 16.5. The van der Waals surface area contributed by atoms with E-state index in [1.165, 1.54) is 0 Å². The fraction of sp³-hybridized carbons (Fsp3) is 0.500. The number of carbonyl (C=O) groups excluding carboxylic acids is 2. The van der Waals surface area contributed by atoms with Gasteiger partial charge in [-0.15, -0.1) is 0 Å². The maximum Gasteiger partial charge on any atom is 0.333 e. The smallest absolute Gasteiger partial charge is 0.333 e. The SMILES string of the molecule is CCOC(=O)[C@H](NC(=O)CCOCCOC)c1c(C)nn(Cc2ccccc2)c1C. The van der Waals surface area contributed by atoms with Crippen molar-refractivity contribution in [2.24, 2.45) is 0 Å². The lowest BCUT2D eigenvalue weighted by Gasteiger charge is -2.18. The normalized spacial score (nSPS) is 11.9. The molecule has 164 valence electrons. The van der Waals surface area contributed by atoms with Gasteiger partial charge >= 0.3 is 5.97 Å². The summed E-state index contributed by atoms with van der Waals surface area (Å²) in [5.74, 6) is -0.795. The molecule has 1 amide bonds. The number of aryl methyl sites for hydroxylation is 1. The van der Waals surface area contributed by atoms with Gasteiger partial charge in [-0.3, -0.25) is 9.48 Å². The lowest BCUT2D eigenvalue weighted by molar-refractivity contribution is -0.147. The second kappa shape index (κ2) is 12.1. The van der Waals surface area contributed by atoms with Crippen molar-refractivity contribution in [3.05, 3.63) is 52.8 Å². The van der Waals surface area contributed by atoms with E-state index in [0.29, 0.717) is 31.0 Å². The van der Waals surface area contributed by atoms with Crippen molar-refractivity contribution >= 4 is 11.9 Å². The Kier molecular flexibility index (Phi) is 9.50. The van der Waals surface area contributed by atoms with Crippen molar-refractivity contribution in [2.75, 3.05) is 33.5 Å². The Morgan fingerprint density at radius 3 is 2.53 bits per heavy atom. The highest BCUT2D eigenvalue weighted by molar-refractivity contribution is 5.86. The zero-order chi connectivity index (χ0) is 21.9. The van der Waals surface area contributed by atoms with Crippen molar-refractivity contribution in [2.45, 2.75) is 39.8 Å². The van der Waals surface area contributed by atoms with E-state index in [9.17, 15) is 9.59 Å². The molecule has 1 atom stereocenters. The summed E-state index contributed by atoms with van der Waals surface area (Å²) in [4.78, 5) is 25.1. The maximum absolute atomic E-state index is 12.6. The first-order chi connectivity index (χ1) is 14.5. The molecule has 0 fully saturated rings. The van der Waals surface area contributed by atoms with Gasteiger partial charge in [-0.05, 0) is 26.3 Å². The number of amides is 1. The molecule has 0 bridgehead atoms. The fourth-order valence-corrected chi connectivity index (χ4v) is 3.16. The van der Waals surface area contributed by atoms with E-state index in [1.807, 2.05) is 48.9 Å². The maximum atomic E-state index is 12.6. The largest absolute Gasteiger partial charge is 0.464 e. The third-order valence-electron chi connectivity index (χ3n) is 4.63. The monoisotopic (exact) mass is 417 g/mol. The highest BCUT2D eigenvalue weighted by Crippen LogP contribution is 2.24. The number of hydrogen-bond donors (Lipinski definition) is 1. The second-order valence-electron chi connectivity index (χ2n) is 6.84. The van der Waals surface area contributed by atoms with Crippen molar-refractivity contribution < 1.29 is 23.8 Å². The molecule has 1 heterocycles. The van der Waals surface area contributed by atoms with Crippen molar-refractivity contribution in [3.8, 4) is 0 Å². The molecule has 1 N–H and O–H groups in total. The van der Waals surface area contributed by atoms with Crippen LogP contribution >= 0.6 is 0 Å². The van der Waals surface area contributed by atoms with Crippen LogP contribution in [0.3, 0.4) is 0 Å². The van der Waals surface area contributed by atoms with Gasteiger partial charge in [0.05, 0.1) is 38.7 Å². The Morgan fingerprint density at radius 2 is 1.87 bits per heavy atom. The molecule has 2 rings (SSSR count). The number of methoxy groups -OCH3 is 1. The lowest BCUT2D eigenvalue weighted by Crippen LogP contribution is -2.36. The topological polar surface area (TPSA) is 91.7 Å². The van der Waals surface area contributed by atoms with Crippen LogP contribution in [0.15, 0.2) is 30.3 Å². The van der Waals surface area contributed by atoms with E-state index in [1.54, 1.807) is 14.0 Å². The Bertz CT molecular complexity index is 820. The number of carbonyl (C=O) groups is 2. The number of nitrogens with one attached hydrogen (secondary N) is 1. The number of benzene rings is 1. The van der Waals surface area contributed by atoms with E-state index in [4.69, 9.17) is 14.2 Å². The van der Waals surface area contributed by atoms with Crippen LogP contribution in [0.5, 0.6) is 0 Å². The number of esters is 1. The predicted molar refractivity (Wildman–Crippen MR) is 112 cm³/mol. The van der Waals surface area contributed by atoms with Crippen molar-refractivity contribution in [1.29, 1.82) is 0 Å². The Morgan fingerprint density at radius 1 is 1.13 bits per heavy atom. The number of rotatable bonds is 12. The third kappa shape index (κ3) is 6.67. The van der Waals surface area contributed by atoms with Gasteiger partial charge in [0.2, 0.25) is 5.91 Å². The molecule has 0 radical (unpaired) electrons. The molecular formula is C22H31N3O5. The van der Waals surface area contributed by atoms with Gasteiger partial charge in [-0.25, -0.2) is 4.79 Å².